The molecule has 2 rings (SSSR count). The van der Waals surface area contributed by atoms with E-state index >= 15 is 0 Å². The third-order valence-electron chi connectivity index (χ3n) is 3.52. The maximum Gasteiger partial charge on any atom is 0.214 e. The zero-order valence-electron chi connectivity index (χ0n) is 9.57. The number of rotatable bonds is 5. The Kier molecular flexibility index (Phi) is 4.30. The van der Waals surface area contributed by atoms with E-state index < -0.39 is 10.0 Å². The van der Waals surface area contributed by atoms with E-state index in [4.69, 9.17) is 0 Å². The number of piperidine rings is 1. The van der Waals surface area contributed by atoms with Gasteiger partial charge in [0.25, 0.3) is 0 Å². The molecule has 0 aromatic heterocycles. The molecule has 1 atom stereocenters. The van der Waals surface area contributed by atoms with Crippen LogP contribution in [0.2, 0.25) is 0 Å². The average molecular weight is 310 g/mol. The standard InChI is InChI=1S/C11H20BrNO2S/c12-7-6-11-3-1-2-8-13(11)16(14,15)9-10-4-5-10/h10-11H,1-9H2. The molecule has 1 heterocycles. The number of alkyl halides is 1. The normalized spacial score (nSPS) is 28.2. The van der Waals surface area contributed by atoms with Crippen LogP contribution in [0.3, 0.4) is 0 Å². The first-order chi connectivity index (χ1) is 7.63. The fourth-order valence-electron chi connectivity index (χ4n) is 2.43. The predicted octanol–water partition coefficient (Wildman–Crippen LogP) is 2.37. The molecule has 0 aromatic carbocycles. The SMILES string of the molecule is O=S(=O)(CC1CC1)N1CCCCC1CCBr. The molecule has 0 amide bonds. The van der Waals surface area contributed by atoms with Crippen molar-refractivity contribution in [1.29, 1.82) is 0 Å². The molecule has 1 aliphatic carbocycles. The van der Waals surface area contributed by atoms with Crippen molar-refractivity contribution in [2.75, 3.05) is 17.6 Å². The van der Waals surface area contributed by atoms with Crippen LogP contribution in [0.25, 0.3) is 0 Å². The zero-order valence-corrected chi connectivity index (χ0v) is 12.0. The molecule has 2 aliphatic rings. The van der Waals surface area contributed by atoms with Crippen LogP contribution in [0.15, 0.2) is 0 Å². The second kappa shape index (κ2) is 5.36. The van der Waals surface area contributed by atoms with Gasteiger partial charge < -0.3 is 0 Å². The van der Waals surface area contributed by atoms with Gasteiger partial charge in [-0.05, 0) is 38.0 Å². The van der Waals surface area contributed by atoms with Crippen LogP contribution in [0, 0.1) is 5.92 Å². The number of halogens is 1. The van der Waals surface area contributed by atoms with Gasteiger partial charge in [-0.15, -0.1) is 0 Å². The minimum atomic E-state index is -2.98. The lowest BCUT2D eigenvalue weighted by Crippen LogP contribution is -2.45. The number of sulfonamides is 1. The Morgan fingerprint density at radius 1 is 1.19 bits per heavy atom. The van der Waals surface area contributed by atoms with E-state index in [1.807, 2.05) is 0 Å². The fourth-order valence-corrected chi connectivity index (χ4v) is 5.15. The average Bonchev–Trinajstić information content (AvgIpc) is 3.02. The molecule has 2 fully saturated rings. The number of hydrogen-bond acceptors (Lipinski definition) is 2. The van der Waals surface area contributed by atoms with Gasteiger partial charge in [0.05, 0.1) is 5.75 Å². The van der Waals surface area contributed by atoms with Crippen LogP contribution in [0.1, 0.15) is 38.5 Å². The molecular formula is C11H20BrNO2S. The van der Waals surface area contributed by atoms with Gasteiger partial charge in [0.2, 0.25) is 10.0 Å². The summed E-state index contributed by atoms with van der Waals surface area (Å²) in [6.45, 7) is 0.743. The van der Waals surface area contributed by atoms with E-state index in [2.05, 4.69) is 15.9 Å². The Hall–Kier alpha value is 0.390. The molecule has 0 aromatic rings. The van der Waals surface area contributed by atoms with Crippen LogP contribution >= 0.6 is 15.9 Å². The van der Waals surface area contributed by atoms with E-state index in [1.54, 1.807) is 4.31 Å². The summed E-state index contributed by atoms with van der Waals surface area (Å²) in [5, 5.41) is 0.896. The highest BCUT2D eigenvalue weighted by atomic mass is 79.9. The van der Waals surface area contributed by atoms with Gasteiger partial charge in [0.15, 0.2) is 0 Å². The second-order valence-electron chi connectivity index (χ2n) is 4.96. The van der Waals surface area contributed by atoms with Gasteiger partial charge in [0.1, 0.15) is 0 Å². The summed E-state index contributed by atoms with van der Waals surface area (Å²) in [6.07, 6.45) is 6.40. The van der Waals surface area contributed by atoms with Crippen molar-refractivity contribution in [2.45, 2.75) is 44.6 Å². The molecule has 16 heavy (non-hydrogen) atoms. The van der Waals surface area contributed by atoms with E-state index in [0.29, 0.717) is 11.7 Å². The Balaban J connectivity index is 2.02. The van der Waals surface area contributed by atoms with E-state index in [-0.39, 0.29) is 6.04 Å². The topological polar surface area (TPSA) is 37.4 Å². The van der Waals surface area contributed by atoms with Crippen LogP contribution in [-0.4, -0.2) is 36.4 Å². The molecule has 0 radical (unpaired) electrons. The third kappa shape index (κ3) is 3.20. The first-order valence-corrected chi connectivity index (χ1v) is 8.92. The van der Waals surface area contributed by atoms with Crippen LogP contribution in [-0.2, 0) is 10.0 Å². The zero-order chi connectivity index (χ0) is 11.6. The summed E-state index contributed by atoms with van der Waals surface area (Å²) in [4.78, 5) is 0. The highest BCUT2D eigenvalue weighted by molar-refractivity contribution is 9.09. The molecule has 5 heteroatoms. The van der Waals surface area contributed by atoms with Gasteiger partial charge in [-0.3, -0.25) is 0 Å². The van der Waals surface area contributed by atoms with Crippen molar-refractivity contribution in [3.8, 4) is 0 Å². The molecule has 1 unspecified atom stereocenters. The van der Waals surface area contributed by atoms with Gasteiger partial charge in [0, 0.05) is 17.9 Å². The lowest BCUT2D eigenvalue weighted by Gasteiger charge is -2.34. The summed E-state index contributed by atoms with van der Waals surface area (Å²) in [7, 11) is -2.98. The molecular weight excluding hydrogens is 290 g/mol. The Morgan fingerprint density at radius 2 is 1.94 bits per heavy atom. The predicted molar refractivity (Wildman–Crippen MR) is 69.3 cm³/mol. The molecule has 1 aliphatic heterocycles. The summed E-state index contributed by atoms with van der Waals surface area (Å²) in [6, 6.07) is 0.247. The molecule has 0 N–H and O–H groups in total. The van der Waals surface area contributed by atoms with Crippen LogP contribution < -0.4 is 0 Å². The van der Waals surface area contributed by atoms with Crippen molar-refractivity contribution in [3.05, 3.63) is 0 Å². The Bertz CT molecular complexity index is 325. The van der Waals surface area contributed by atoms with Crippen molar-refractivity contribution >= 4 is 26.0 Å². The van der Waals surface area contributed by atoms with Gasteiger partial charge in [-0.2, -0.15) is 4.31 Å². The van der Waals surface area contributed by atoms with Gasteiger partial charge in [-0.1, -0.05) is 22.4 Å². The first-order valence-electron chi connectivity index (χ1n) is 6.19. The lowest BCUT2D eigenvalue weighted by molar-refractivity contribution is 0.248. The maximum atomic E-state index is 12.2. The number of nitrogens with zero attached hydrogens (tertiary/aromatic N) is 1. The Morgan fingerprint density at radius 3 is 2.56 bits per heavy atom. The molecule has 1 saturated heterocycles. The van der Waals surface area contributed by atoms with Crippen molar-refractivity contribution in [3.63, 3.8) is 0 Å². The summed E-state index contributed by atoms with van der Waals surface area (Å²) in [5.74, 6) is 0.850. The van der Waals surface area contributed by atoms with Crippen LogP contribution in [0.5, 0.6) is 0 Å². The largest absolute Gasteiger partial charge is 0.214 e. The van der Waals surface area contributed by atoms with Crippen molar-refractivity contribution in [1.82, 2.24) is 4.31 Å². The number of hydrogen-bond donors (Lipinski definition) is 0. The minimum absolute atomic E-state index is 0.247. The van der Waals surface area contributed by atoms with Gasteiger partial charge >= 0.3 is 0 Å². The monoisotopic (exact) mass is 309 g/mol. The fraction of sp³-hybridized carbons (Fsp3) is 1.00. The van der Waals surface area contributed by atoms with E-state index in [9.17, 15) is 8.42 Å². The second-order valence-corrected chi connectivity index (χ2v) is 7.72. The molecule has 94 valence electrons. The molecule has 0 spiro atoms. The molecule has 0 bridgehead atoms. The van der Waals surface area contributed by atoms with E-state index in [0.717, 1.165) is 44.0 Å². The smallest absolute Gasteiger partial charge is 0.212 e. The third-order valence-corrected chi connectivity index (χ3v) is 6.06. The van der Waals surface area contributed by atoms with E-state index in [1.165, 1.54) is 6.42 Å². The highest BCUT2D eigenvalue weighted by Crippen LogP contribution is 2.33. The van der Waals surface area contributed by atoms with Gasteiger partial charge in [-0.25, -0.2) is 8.42 Å². The highest BCUT2D eigenvalue weighted by Gasteiger charge is 2.36. The van der Waals surface area contributed by atoms with Crippen molar-refractivity contribution in [2.24, 2.45) is 5.92 Å². The summed E-state index contributed by atoms with van der Waals surface area (Å²) >= 11 is 3.42. The maximum absolute atomic E-state index is 12.2. The molecule has 1 saturated carbocycles. The quantitative estimate of drug-likeness (QED) is 0.731. The minimum Gasteiger partial charge on any atom is -0.212 e. The lowest BCUT2D eigenvalue weighted by atomic mass is 10.0. The van der Waals surface area contributed by atoms with Crippen molar-refractivity contribution < 1.29 is 8.42 Å². The Labute approximate surface area is 107 Å². The summed E-state index contributed by atoms with van der Waals surface area (Å²) in [5.41, 5.74) is 0. The molecule has 3 nitrogen and oxygen atoms in total. The summed E-state index contributed by atoms with van der Waals surface area (Å²) < 4.78 is 26.3. The first kappa shape index (κ1) is 12.8. The van der Waals surface area contributed by atoms with Crippen LogP contribution in [0.4, 0.5) is 0 Å².